The highest BCUT2D eigenvalue weighted by atomic mass is 35.5. The average molecular weight is 272 g/mol. The normalized spacial score (nSPS) is 11.4. The fourth-order valence-electron chi connectivity index (χ4n) is 1.34. The van der Waals surface area contributed by atoms with Crippen molar-refractivity contribution in [2.45, 2.75) is 11.8 Å². The smallest absolute Gasteiger partial charge is 0.265 e. The van der Waals surface area contributed by atoms with E-state index in [0.717, 1.165) is 0 Å². The summed E-state index contributed by atoms with van der Waals surface area (Å²) >= 11 is 5.72. The number of halogens is 1. The maximum Gasteiger partial charge on any atom is 0.265 e. The lowest BCUT2D eigenvalue weighted by Gasteiger charge is -2.06. The highest BCUT2D eigenvalue weighted by molar-refractivity contribution is 7.92. The van der Waals surface area contributed by atoms with Crippen LogP contribution in [0.3, 0.4) is 0 Å². The van der Waals surface area contributed by atoms with E-state index in [1.807, 2.05) is 0 Å². The van der Waals surface area contributed by atoms with Gasteiger partial charge in [0.15, 0.2) is 0 Å². The van der Waals surface area contributed by atoms with Gasteiger partial charge >= 0.3 is 0 Å². The van der Waals surface area contributed by atoms with Gasteiger partial charge in [0.25, 0.3) is 10.0 Å². The van der Waals surface area contributed by atoms with Crippen molar-refractivity contribution in [3.05, 3.63) is 41.2 Å². The van der Waals surface area contributed by atoms with Crippen LogP contribution in [0.5, 0.6) is 0 Å². The van der Waals surface area contributed by atoms with Gasteiger partial charge in [0, 0.05) is 10.7 Å². The second-order valence-corrected chi connectivity index (χ2v) is 5.56. The van der Waals surface area contributed by atoms with Crippen molar-refractivity contribution in [3.63, 3.8) is 0 Å². The van der Waals surface area contributed by atoms with Gasteiger partial charge in [-0.1, -0.05) is 11.6 Å². The first-order chi connectivity index (χ1) is 7.99. The summed E-state index contributed by atoms with van der Waals surface area (Å²) in [4.78, 5) is 0.132. The van der Waals surface area contributed by atoms with Crippen LogP contribution in [-0.4, -0.2) is 18.6 Å². The fraction of sp³-hybridized carbons (Fsp3) is 0.100. The third-order valence-corrected chi connectivity index (χ3v) is 3.92. The van der Waals surface area contributed by atoms with Gasteiger partial charge < -0.3 is 0 Å². The van der Waals surface area contributed by atoms with Crippen LogP contribution >= 0.6 is 11.6 Å². The van der Waals surface area contributed by atoms with E-state index in [9.17, 15) is 8.42 Å². The van der Waals surface area contributed by atoms with E-state index in [0.29, 0.717) is 16.4 Å². The summed E-state index contributed by atoms with van der Waals surface area (Å²) in [6.07, 6.45) is 1.27. The van der Waals surface area contributed by atoms with Crippen molar-refractivity contribution in [3.8, 4) is 0 Å². The summed E-state index contributed by atoms with van der Waals surface area (Å²) < 4.78 is 26.4. The van der Waals surface area contributed by atoms with E-state index < -0.39 is 10.0 Å². The molecule has 0 bridgehead atoms. The second-order valence-electron chi connectivity index (χ2n) is 3.47. The van der Waals surface area contributed by atoms with Gasteiger partial charge in [-0.2, -0.15) is 5.10 Å². The SMILES string of the molecule is Cc1[nH]ncc1S(=O)(=O)Nc1ccc(Cl)cc1. The van der Waals surface area contributed by atoms with Gasteiger partial charge in [-0.05, 0) is 31.2 Å². The molecule has 0 fully saturated rings. The van der Waals surface area contributed by atoms with E-state index >= 15 is 0 Å². The molecule has 2 aromatic rings. The van der Waals surface area contributed by atoms with Gasteiger partial charge in [-0.15, -0.1) is 0 Å². The van der Waals surface area contributed by atoms with Crippen LogP contribution in [0.4, 0.5) is 5.69 Å². The minimum Gasteiger partial charge on any atom is -0.281 e. The van der Waals surface area contributed by atoms with Crippen molar-refractivity contribution in [1.29, 1.82) is 0 Å². The predicted octanol–water partition coefficient (Wildman–Crippen LogP) is 2.17. The number of sulfonamides is 1. The molecule has 0 spiro atoms. The molecule has 2 rings (SSSR count). The van der Waals surface area contributed by atoms with Crippen molar-refractivity contribution in [2.24, 2.45) is 0 Å². The van der Waals surface area contributed by atoms with Gasteiger partial charge in [-0.3, -0.25) is 9.82 Å². The molecule has 0 atom stereocenters. The number of nitrogens with one attached hydrogen (secondary N) is 2. The molecule has 1 aromatic heterocycles. The molecule has 5 nitrogen and oxygen atoms in total. The highest BCUT2D eigenvalue weighted by Crippen LogP contribution is 2.19. The topological polar surface area (TPSA) is 74.8 Å². The molecule has 0 aliphatic carbocycles. The zero-order valence-electron chi connectivity index (χ0n) is 8.94. The standard InChI is InChI=1S/C10H10ClN3O2S/c1-7-10(6-12-13-7)17(15,16)14-9-4-2-8(11)3-5-9/h2-6,14H,1H3,(H,12,13). The molecule has 0 saturated carbocycles. The number of nitrogens with zero attached hydrogens (tertiary/aromatic N) is 1. The average Bonchev–Trinajstić information content (AvgIpc) is 2.68. The molecule has 1 heterocycles. The predicted molar refractivity (Wildman–Crippen MR) is 65.6 cm³/mol. The minimum absolute atomic E-state index is 0.132. The molecule has 0 unspecified atom stereocenters. The Labute approximate surface area is 104 Å². The Balaban J connectivity index is 2.30. The Morgan fingerprint density at radius 3 is 2.47 bits per heavy atom. The van der Waals surface area contributed by atoms with E-state index in [-0.39, 0.29) is 4.90 Å². The third-order valence-electron chi connectivity index (χ3n) is 2.17. The van der Waals surface area contributed by atoms with Crippen LogP contribution in [0.25, 0.3) is 0 Å². The molecule has 7 heteroatoms. The Hall–Kier alpha value is -1.53. The summed E-state index contributed by atoms with van der Waals surface area (Å²) in [5.41, 5.74) is 0.946. The first-order valence-electron chi connectivity index (χ1n) is 4.77. The molecule has 0 radical (unpaired) electrons. The number of aromatic amines is 1. The maximum atomic E-state index is 12.0. The van der Waals surface area contributed by atoms with E-state index in [1.54, 1.807) is 31.2 Å². The Morgan fingerprint density at radius 2 is 1.94 bits per heavy atom. The first kappa shape index (κ1) is 11.9. The zero-order chi connectivity index (χ0) is 12.5. The molecule has 2 N–H and O–H groups in total. The highest BCUT2D eigenvalue weighted by Gasteiger charge is 2.18. The summed E-state index contributed by atoms with van der Waals surface area (Å²) in [5.74, 6) is 0. The quantitative estimate of drug-likeness (QED) is 0.898. The minimum atomic E-state index is -3.60. The Kier molecular flexibility index (Phi) is 3.08. The molecular weight excluding hydrogens is 262 g/mol. The molecule has 90 valence electrons. The first-order valence-corrected chi connectivity index (χ1v) is 6.63. The van der Waals surface area contributed by atoms with E-state index in [1.165, 1.54) is 6.20 Å². The number of rotatable bonds is 3. The summed E-state index contributed by atoms with van der Waals surface area (Å²) in [6, 6.07) is 6.41. The molecule has 0 aliphatic heterocycles. The zero-order valence-corrected chi connectivity index (χ0v) is 10.5. The molecule has 0 aliphatic rings. The summed E-state index contributed by atoms with van der Waals surface area (Å²) in [6.45, 7) is 1.64. The molecule has 17 heavy (non-hydrogen) atoms. The number of aryl methyl sites for hydroxylation is 1. The van der Waals surface area contributed by atoms with Crippen LogP contribution in [0.2, 0.25) is 5.02 Å². The maximum absolute atomic E-state index is 12.0. The van der Waals surface area contributed by atoms with Crippen LogP contribution in [0, 0.1) is 6.92 Å². The van der Waals surface area contributed by atoms with Crippen molar-refractivity contribution >= 4 is 27.3 Å². The molecule has 0 saturated heterocycles. The molecular formula is C10H10ClN3O2S. The van der Waals surface area contributed by atoms with Crippen molar-refractivity contribution in [1.82, 2.24) is 10.2 Å². The number of anilines is 1. The van der Waals surface area contributed by atoms with Crippen molar-refractivity contribution in [2.75, 3.05) is 4.72 Å². The van der Waals surface area contributed by atoms with Crippen LogP contribution in [-0.2, 0) is 10.0 Å². The largest absolute Gasteiger partial charge is 0.281 e. The van der Waals surface area contributed by atoms with E-state index in [2.05, 4.69) is 14.9 Å². The Bertz CT molecular complexity index is 619. The number of benzene rings is 1. The lowest BCUT2D eigenvalue weighted by Crippen LogP contribution is -2.13. The summed E-state index contributed by atoms with van der Waals surface area (Å²) in [7, 11) is -3.60. The van der Waals surface area contributed by atoms with Crippen LogP contribution < -0.4 is 4.72 Å². The number of hydrogen-bond acceptors (Lipinski definition) is 3. The van der Waals surface area contributed by atoms with Crippen LogP contribution in [0.1, 0.15) is 5.69 Å². The second kappa shape index (κ2) is 4.38. The summed E-state index contributed by atoms with van der Waals surface area (Å²) in [5, 5.41) is 6.81. The van der Waals surface area contributed by atoms with Crippen LogP contribution in [0.15, 0.2) is 35.4 Å². The lowest BCUT2D eigenvalue weighted by atomic mass is 10.3. The number of hydrogen-bond donors (Lipinski definition) is 2. The third kappa shape index (κ3) is 2.59. The van der Waals surface area contributed by atoms with E-state index in [4.69, 9.17) is 11.6 Å². The Morgan fingerprint density at radius 1 is 1.29 bits per heavy atom. The molecule has 0 amide bonds. The van der Waals surface area contributed by atoms with Gasteiger partial charge in [0.1, 0.15) is 4.90 Å². The lowest BCUT2D eigenvalue weighted by molar-refractivity contribution is 0.600. The van der Waals surface area contributed by atoms with Gasteiger partial charge in [0.05, 0.1) is 11.9 Å². The van der Waals surface area contributed by atoms with Gasteiger partial charge in [-0.25, -0.2) is 8.42 Å². The number of H-pyrrole nitrogens is 1. The van der Waals surface area contributed by atoms with Crippen molar-refractivity contribution < 1.29 is 8.42 Å². The van der Waals surface area contributed by atoms with Gasteiger partial charge in [0.2, 0.25) is 0 Å². The fourth-order valence-corrected chi connectivity index (χ4v) is 2.66. The molecule has 1 aromatic carbocycles. The monoisotopic (exact) mass is 271 g/mol. The number of aromatic nitrogens is 2.